The van der Waals surface area contributed by atoms with Gasteiger partial charge in [0.25, 0.3) is 5.91 Å². The van der Waals surface area contributed by atoms with E-state index in [1.807, 2.05) is 55.5 Å². The van der Waals surface area contributed by atoms with Crippen LogP contribution in [0.2, 0.25) is 0 Å². The van der Waals surface area contributed by atoms with Crippen LogP contribution in [0.25, 0.3) is 22.2 Å². The van der Waals surface area contributed by atoms with Crippen molar-refractivity contribution in [3.63, 3.8) is 0 Å². The van der Waals surface area contributed by atoms with Crippen LogP contribution >= 0.6 is 0 Å². The van der Waals surface area contributed by atoms with Gasteiger partial charge in [-0.15, -0.1) is 10.2 Å². The third kappa shape index (κ3) is 3.30. The van der Waals surface area contributed by atoms with Crippen LogP contribution in [0.4, 0.5) is 0 Å². The predicted octanol–water partition coefficient (Wildman–Crippen LogP) is 3.51. The average molecular weight is 347 g/mol. The smallest absolute Gasteiger partial charge is 0.254 e. The largest absolute Gasteiger partial charge is 0.376 e. The number of nitrogens with zero attached hydrogens (tertiary/aromatic N) is 2. The molecule has 0 saturated carbocycles. The van der Waals surface area contributed by atoms with E-state index in [0.717, 1.165) is 41.5 Å². The molecule has 0 radical (unpaired) electrons. The second kappa shape index (κ2) is 7.22. The Morgan fingerprint density at radius 2 is 2.04 bits per heavy atom. The zero-order valence-electron chi connectivity index (χ0n) is 14.7. The number of nitrogens with one attached hydrogen (secondary N) is 1. The van der Waals surface area contributed by atoms with Gasteiger partial charge in [0.2, 0.25) is 0 Å². The van der Waals surface area contributed by atoms with Crippen LogP contribution in [0.15, 0.2) is 48.5 Å². The first-order valence-electron chi connectivity index (χ1n) is 8.94. The van der Waals surface area contributed by atoms with E-state index >= 15 is 0 Å². The van der Waals surface area contributed by atoms with Crippen molar-refractivity contribution in [2.45, 2.75) is 25.9 Å². The molecule has 0 spiro atoms. The summed E-state index contributed by atoms with van der Waals surface area (Å²) in [5.74, 6) is -0.134. The first-order valence-corrected chi connectivity index (χ1v) is 8.94. The molecule has 1 fully saturated rings. The lowest BCUT2D eigenvalue weighted by Gasteiger charge is -2.14. The Morgan fingerprint density at radius 1 is 1.19 bits per heavy atom. The van der Waals surface area contributed by atoms with Gasteiger partial charge in [-0.3, -0.25) is 4.79 Å². The van der Waals surface area contributed by atoms with E-state index in [-0.39, 0.29) is 12.0 Å². The number of carbonyl (C=O) groups is 1. The number of fused-ring (bicyclic) bond motifs is 1. The molecule has 0 unspecified atom stereocenters. The monoisotopic (exact) mass is 347 g/mol. The molecule has 3 aromatic rings. The van der Waals surface area contributed by atoms with Crippen LogP contribution in [0.3, 0.4) is 0 Å². The van der Waals surface area contributed by atoms with E-state index < -0.39 is 0 Å². The molecule has 1 aliphatic heterocycles. The lowest BCUT2D eigenvalue weighted by atomic mass is 10.00. The van der Waals surface area contributed by atoms with E-state index in [2.05, 4.69) is 15.5 Å². The van der Waals surface area contributed by atoms with Gasteiger partial charge in [0.15, 0.2) is 0 Å². The van der Waals surface area contributed by atoms with E-state index in [0.29, 0.717) is 17.8 Å². The Bertz CT molecular complexity index is 935. The maximum absolute atomic E-state index is 13.1. The first kappa shape index (κ1) is 16.7. The van der Waals surface area contributed by atoms with Crippen LogP contribution in [-0.2, 0) is 4.74 Å². The molecular weight excluding hydrogens is 326 g/mol. The number of aryl methyl sites for hydroxylation is 1. The van der Waals surface area contributed by atoms with Crippen molar-refractivity contribution in [1.29, 1.82) is 0 Å². The van der Waals surface area contributed by atoms with Crippen LogP contribution in [0, 0.1) is 6.92 Å². The molecule has 1 aromatic heterocycles. The van der Waals surface area contributed by atoms with Crippen molar-refractivity contribution in [3.05, 3.63) is 59.7 Å². The normalized spacial score (nSPS) is 16.7. The van der Waals surface area contributed by atoms with Crippen molar-refractivity contribution in [2.75, 3.05) is 13.2 Å². The maximum Gasteiger partial charge on any atom is 0.254 e. The SMILES string of the molecule is Cc1ccc2nnc(-c3ccccc3)c(C(=O)NC[C@@H]3CCCO3)c2c1. The Labute approximate surface area is 152 Å². The highest BCUT2D eigenvalue weighted by atomic mass is 16.5. The summed E-state index contributed by atoms with van der Waals surface area (Å²) in [5, 5.41) is 12.5. The highest BCUT2D eigenvalue weighted by Crippen LogP contribution is 2.27. The lowest BCUT2D eigenvalue weighted by molar-refractivity contribution is 0.0859. The van der Waals surface area contributed by atoms with Gasteiger partial charge in [-0.05, 0) is 31.9 Å². The van der Waals surface area contributed by atoms with Gasteiger partial charge in [0, 0.05) is 24.1 Å². The lowest BCUT2D eigenvalue weighted by Crippen LogP contribution is -2.32. The highest BCUT2D eigenvalue weighted by molar-refractivity contribution is 6.10. The van der Waals surface area contributed by atoms with Crippen LogP contribution in [-0.4, -0.2) is 35.4 Å². The fraction of sp³-hybridized carbons (Fsp3) is 0.286. The van der Waals surface area contributed by atoms with E-state index in [4.69, 9.17) is 4.74 Å². The van der Waals surface area contributed by atoms with Gasteiger partial charge in [-0.2, -0.15) is 0 Å². The zero-order chi connectivity index (χ0) is 17.9. The fourth-order valence-electron chi connectivity index (χ4n) is 3.35. The maximum atomic E-state index is 13.1. The number of carbonyl (C=O) groups excluding carboxylic acids is 1. The molecule has 1 atom stereocenters. The van der Waals surface area contributed by atoms with Gasteiger partial charge >= 0.3 is 0 Å². The molecule has 2 aromatic carbocycles. The summed E-state index contributed by atoms with van der Waals surface area (Å²) in [7, 11) is 0. The topological polar surface area (TPSA) is 64.1 Å². The minimum absolute atomic E-state index is 0.0990. The Morgan fingerprint density at radius 3 is 2.81 bits per heavy atom. The fourth-order valence-corrected chi connectivity index (χ4v) is 3.35. The highest BCUT2D eigenvalue weighted by Gasteiger charge is 2.22. The van der Waals surface area contributed by atoms with Gasteiger partial charge in [-0.25, -0.2) is 0 Å². The molecule has 1 amide bonds. The number of hydrogen-bond acceptors (Lipinski definition) is 4. The van der Waals surface area contributed by atoms with E-state index in [9.17, 15) is 4.79 Å². The predicted molar refractivity (Wildman–Crippen MR) is 101 cm³/mol. The molecule has 0 bridgehead atoms. The molecule has 1 saturated heterocycles. The van der Waals surface area contributed by atoms with Crippen molar-refractivity contribution in [1.82, 2.24) is 15.5 Å². The zero-order valence-corrected chi connectivity index (χ0v) is 14.7. The Kier molecular flexibility index (Phi) is 4.63. The van der Waals surface area contributed by atoms with Gasteiger partial charge in [0.1, 0.15) is 5.69 Å². The summed E-state index contributed by atoms with van der Waals surface area (Å²) in [5.41, 5.74) is 3.86. The summed E-state index contributed by atoms with van der Waals surface area (Å²) in [6.45, 7) is 3.30. The van der Waals surface area contributed by atoms with Crippen LogP contribution < -0.4 is 5.32 Å². The Hall–Kier alpha value is -2.79. The van der Waals surface area contributed by atoms with E-state index in [1.165, 1.54) is 0 Å². The number of ether oxygens (including phenoxy) is 1. The second-order valence-electron chi connectivity index (χ2n) is 6.66. The summed E-state index contributed by atoms with van der Waals surface area (Å²) in [6.07, 6.45) is 2.14. The molecule has 5 heteroatoms. The first-order chi connectivity index (χ1) is 12.7. The molecule has 1 aliphatic rings. The van der Waals surface area contributed by atoms with Gasteiger partial charge in [0.05, 0.1) is 17.2 Å². The molecule has 1 N–H and O–H groups in total. The van der Waals surface area contributed by atoms with E-state index in [1.54, 1.807) is 0 Å². The van der Waals surface area contributed by atoms with Crippen LogP contribution in [0.1, 0.15) is 28.8 Å². The molecule has 5 nitrogen and oxygen atoms in total. The number of aromatic nitrogens is 2. The van der Waals surface area contributed by atoms with Crippen molar-refractivity contribution >= 4 is 16.8 Å². The quantitative estimate of drug-likeness (QED) is 0.784. The van der Waals surface area contributed by atoms with Crippen molar-refractivity contribution in [2.24, 2.45) is 0 Å². The third-order valence-corrected chi connectivity index (χ3v) is 4.70. The second-order valence-corrected chi connectivity index (χ2v) is 6.66. The summed E-state index contributed by atoms with van der Waals surface area (Å²) in [4.78, 5) is 13.1. The van der Waals surface area contributed by atoms with Gasteiger partial charge < -0.3 is 10.1 Å². The molecule has 26 heavy (non-hydrogen) atoms. The Balaban J connectivity index is 1.78. The van der Waals surface area contributed by atoms with Crippen molar-refractivity contribution in [3.8, 4) is 11.3 Å². The number of amides is 1. The molecule has 132 valence electrons. The van der Waals surface area contributed by atoms with Crippen molar-refractivity contribution < 1.29 is 9.53 Å². The summed E-state index contributed by atoms with van der Waals surface area (Å²) >= 11 is 0. The standard InChI is InChI=1S/C21H21N3O2/c1-14-9-10-18-17(12-14)19(21(25)22-13-16-8-5-11-26-16)20(24-23-18)15-6-3-2-4-7-15/h2-4,6-7,9-10,12,16H,5,8,11,13H2,1H3,(H,22,25)/t16-/m0/s1. The summed E-state index contributed by atoms with van der Waals surface area (Å²) < 4.78 is 5.62. The van der Waals surface area contributed by atoms with Crippen LogP contribution in [0.5, 0.6) is 0 Å². The summed E-state index contributed by atoms with van der Waals surface area (Å²) in [6, 6.07) is 15.6. The van der Waals surface area contributed by atoms with Gasteiger partial charge in [-0.1, -0.05) is 42.0 Å². The molecule has 2 heterocycles. The minimum Gasteiger partial charge on any atom is -0.376 e. The molecule has 0 aliphatic carbocycles. The molecular formula is C21H21N3O2. The average Bonchev–Trinajstić information content (AvgIpc) is 3.19. The number of benzene rings is 2. The third-order valence-electron chi connectivity index (χ3n) is 4.70. The minimum atomic E-state index is -0.134. The number of hydrogen-bond donors (Lipinski definition) is 1. The number of rotatable bonds is 4. The molecule has 4 rings (SSSR count).